The monoisotopic (exact) mass is 425 g/mol. The van der Waals surface area contributed by atoms with Gasteiger partial charge in [0.05, 0.1) is 5.25 Å². The van der Waals surface area contributed by atoms with Crippen LogP contribution in [0.4, 0.5) is 0 Å². The van der Waals surface area contributed by atoms with E-state index in [2.05, 4.69) is 84.5 Å². The molecule has 31 heavy (non-hydrogen) atoms. The number of hydrogen-bond acceptors (Lipinski definition) is 4. The van der Waals surface area contributed by atoms with Crippen molar-refractivity contribution in [1.29, 1.82) is 0 Å². The Kier molecular flexibility index (Phi) is 5.30. The minimum absolute atomic E-state index is 0.0143. The van der Waals surface area contributed by atoms with E-state index < -0.39 is 0 Å². The number of hydrogen-bond donors (Lipinski definition) is 1. The second kappa shape index (κ2) is 8.40. The maximum absolute atomic E-state index is 4.76. The summed E-state index contributed by atoms with van der Waals surface area (Å²) in [7, 11) is 0. The highest BCUT2D eigenvalue weighted by Gasteiger charge is 2.21. The van der Waals surface area contributed by atoms with E-state index >= 15 is 0 Å². The van der Waals surface area contributed by atoms with E-state index in [9.17, 15) is 0 Å². The van der Waals surface area contributed by atoms with Gasteiger partial charge < -0.3 is 4.98 Å². The van der Waals surface area contributed by atoms with Gasteiger partial charge in [0.2, 0.25) is 5.16 Å². The van der Waals surface area contributed by atoms with E-state index in [4.69, 9.17) is 10.1 Å². The number of aryl methyl sites for hydroxylation is 2. The molecule has 3 heterocycles. The van der Waals surface area contributed by atoms with Crippen molar-refractivity contribution in [2.45, 2.75) is 30.7 Å². The fraction of sp³-hybridized carbons (Fsp3) is 0.160. The quantitative estimate of drug-likeness (QED) is 0.363. The standard InChI is InChI=1S/C25H23N5S/c1-17-14-18(2)30-22(15-17)28-25(29-30)31-23(24-26-12-13-27-24)21-10-8-20(9-11-21)16-19-6-4-3-5-7-19/h3-15,23H,16H2,1-2H3,(H,26,27). The van der Waals surface area contributed by atoms with E-state index in [1.54, 1.807) is 18.0 Å². The minimum atomic E-state index is -0.0143. The number of fused-ring (bicyclic) bond motifs is 1. The third-order valence-electron chi connectivity index (χ3n) is 5.26. The minimum Gasteiger partial charge on any atom is -0.347 e. The Morgan fingerprint density at radius 1 is 0.968 bits per heavy atom. The molecule has 0 radical (unpaired) electrons. The Hall–Kier alpha value is -3.38. The maximum Gasteiger partial charge on any atom is 0.210 e. The molecular weight excluding hydrogens is 402 g/mol. The molecule has 0 spiro atoms. The van der Waals surface area contributed by atoms with Crippen LogP contribution in [0.1, 0.15) is 39.0 Å². The molecule has 1 atom stereocenters. The zero-order chi connectivity index (χ0) is 21.2. The topological polar surface area (TPSA) is 58.9 Å². The van der Waals surface area contributed by atoms with E-state index in [0.717, 1.165) is 28.7 Å². The van der Waals surface area contributed by atoms with Gasteiger partial charge in [-0.25, -0.2) is 14.5 Å². The molecule has 154 valence electrons. The van der Waals surface area contributed by atoms with Crippen LogP contribution >= 0.6 is 11.8 Å². The predicted molar refractivity (Wildman–Crippen MR) is 124 cm³/mol. The van der Waals surface area contributed by atoms with Crippen molar-refractivity contribution in [2.75, 3.05) is 0 Å². The van der Waals surface area contributed by atoms with Crippen molar-refractivity contribution in [3.63, 3.8) is 0 Å². The second-order valence-corrected chi connectivity index (χ2v) is 8.79. The molecular formula is C25H23N5S. The van der Waals surface area contributed by atoms with Crippen molar-refractivity contribution >= 4 is 17.4 Å². The van der Waals surface area contributed by atoms with Crippen molar-refractivity contribution in [2.24, 2.45) is 0 Å². The Morgan fingerprint density at radius 2 is 1.74 bits per heavy atom. The first-order chi connectivity index (χ1) is 15.2. The normalized spacial score (nSPS) is 12.3. The van der Waals surface area contributed by atoms with Gasteiger partial charge in [-0.3, -0.25) is 0 Å². The van der Waals surface area contributed by atoms with Gasteiger partial charge in [0.25, 0.3) is 0 Å². The van der Waals surface area contributed by atoms with E-state index in [0.29, 0.717) is 0 Å². The first-order valence-corrected chi connectivity index (χ1v) is 11.2. The number of imidazole rings is 1. The highest BCUT2D eigenvalue weighted by Crippen LogP contribution is 2.38. The summed E-state index contributed by atoms with van der Waals surface area (Å²) >= 11 is 1.61. The molecule has 0 aliphatic heterocycles. The van der Waals surface area contributed by atoms with Gasteiger partial charge in [-0.2, -0.15) is 0 Å². The summed E-state index contributed by atoms with van der Waals surface area (Å²) in [5.41, 5.74) is 6.90. The van der Waals surface area contributed by atoms with Crippen LogP contribution in [-0.2, 0) is 6.42 Å². The van der Waals surface area contributed by atoms with Gasteiger partial charge in [0, 0.05) is 18.1 Å². The molecule has 0 bridgehead atoms. The number of aromatic amines is 1. The molecule has 2 aromatic carbocycles. The number of nitrogens with zero attached hydrogens (tertiary/aromatic N) is 4. The van der Waals surface area contributed by atoms with Gasteiger partial charge in [-0.05, 0) is 54.7 Å². The lowest BCUT2D eigenvalue weighted by Crippen LogP contribution is -2.01. The number of H-pyrrole nitrogens is 1. The average Bonchev–Trinajstić information content (AvgIpc) is 3.43. The fourth-order valence-corrected chi connectivity index (χ4v) is 4.81. The predicted octanol–water partition coefficient (Wildman–Crippen LogP) is 5.54. The van der Waals surface area contributed by atoms with Crippen LogP contribution in [0, 0.1) is 13.8 Å². The number of nitrogens with one attached hydrogen (secondary N) is 1. The molecule has 0 fully saturated rings. The molecule has 0 saturated heterocycles. The summed E-state index contributed by atoms with van der Waals surface area (Å²) in [6.45, 7) is 4.13. The van der Waals surface area contributed by atoms with Crippen LogP contribution < -0.4 is 0 Å². The third-order valence-corrected chi connectivity index (χ3v) is 6.38. The van der Waals surface area contributed by atoms with E-state index in [1.807, 2.05) is 16.8 Å². The molecule has 0 amide bonds. The van der Waals surface area contributed by atoms with Crippen molar-refractivity contribution < 1.29 is 0 Å². The lowest BCUT2D eigenvalue weighted by Gasteiger charge is -2.13. The van der Waals surface area contributed by atoms with Gasteiger partial charge in [0.15, 0.2) is 5.65 Å². The largest absolute Gasteiger partial charge is 0.347 e. The zero-order valence-electron chi connectivity index (χ0n) is 17.5. The van der Waals surface area contributed by atoms with Crippen LogP contribution in [-0.4, -0.2) is 24.6 Å². The van der Waals surface area contributed by atoms with Crippen LogP contribution in [0.2, 0.25) is 0 Å². The molecule has 5 nitrogen and oxygen atoms in total. The molecule has 1 unspecified atom stereocenters. The SMILES string of the molecule is Cc1cc(C)n2nc(SC(c3ccc(Cc4ccccc4)cc3)c3ncc[nH]3)nc2c1. The average molecular weight is 426 g/mol. The van der Waals surface area contributed by atoms with Gasteiger partial charge in [0.1, 0.15) is 5.82 Å². The molecule has 0 aliphatic rings. The lowest BCUT2D eigenvalue weighted by molar-refractivity contribution is 0.851. The van der Waals surface area contributed by atoms with Crippen LogP contribution in [0.15, 0.2) is 84.3 Å². The Balaban J connectivity index is 1.44. The first-order valence-electron chi connectivity index (χ1n) is 10.3. The summed E-state index contributed by atoms with van der Waals surface area (Å²) in [4.78, 5) is 12.6. The Bertz CT molecular complexity index is 1290. The summed E-state index contributed by atoms with van der Waals surface area (Å²) < 4.78 is 1.90. The molecule has 5 rings (SSSR count). The van der Waals surface area contributed by atoms with Crippen molar-refractivity contribution in [3.05, 3.63) is 113 Å². The van der Waals surface area contributed by atoms with Gasteiger partial charge >= 0.3 is 0 Å². The molecule has 5 aromatic rings. The third kappa shape index (κ3) is 4.25. The summed E-state index contributed by atoms with van der Waals surface area (Å²) in [5.74, 6) is 0.896. The second-order valence-electron chi connectivity index (χ2n) is 7.71. The van der Waals surface area contributed by atoms with E-state index in [1.165, 1.54) is 22.3 Å². The molecule has 0 saturated carbocycles. The van der Waals surface area contributed by atoms with Crippen molar-refractivity contribution in [1.82, 2.24) is 24.6 Å². The fourth-order valence-electron chi connectivity index (χ4n) is 3.79. The summed E-state index contributed by atoms with van der Waals surface area (Å²) in [6.07, 6.45) is 4.57. The highest BCUT2D eigenvalue weighted by molar-refractivity contribution is 7.99. The Labute approximate surface area is 185 Å². The van der Waals surface area contributed by atoms with Gasteiger partial charge in [-0.1, -0.05) is 66.4 Å². The van der Waals surface area contributed by atoms with Crippen molar-refractivity contribution in [3.8, 4) is 0 Å². The first kappa shape index (κ1) is 19.6. The van der Waals surface area contributed by atoms with E-state index in [-0.39, 0.29) is 5.25 Å². The number of pyridine rings is 1. The Morgan fingerprint density at radius 3 is 2.48 bits per heavy atom. The zero-order valence-corrected chi connectivity index (χ0v) is 18.3. The molecule has 6 heteroatoms. The number of rotatable bonds is 6. The van der Waals surface area contributed by atoms with Crippen LogP contribution in [0.25, 0.3) is 5.65 Å². The summed E-state index contributed by atoms with van der Waals surface area (Å²) in [5, 5.41) is 5.45. The maximum atomic E-state index is 4.76. The number of benzene rings is 2. The smallest absolute Gasteiger partial charge is 0.210 e. The molecule has 0 aliphatic carbocycles. The number of thioether (sulfide) groups is 1. The van der Waals surface area contributed by atoms with Crippen LogP contribution in [0.3, 0.4) is 0 Å². The number of aromatic nitrogens is 5. The molecule has 3 aromatic heterocycles. The lowest BCUT2D eigenvalue weighted by atomic mass is 10.0. The van der Waals surface area contributed by atoms with Crippen LogP contribution in [0.5, 0.6) is 0 Å². The summed E-state index contributed by atoms with van der Waals surface area (Å²) in [6, 6.07) is 23.5. The highest BCUT2D eigenvalue weighted by atomic mass is 32.2. The molecule has 1 N–H and O–H groups in total. The van der Waals surface area contributed by atoms with Gasteiger partial charge in [-0.15, -0.1) is 5.10 Å².